The van der Waals surface area contributed by atoms with Gasteiger partial charge in [-0.25, -0.2) is 9.78 Å². The predicted octanol–water partition coefficient (Wildman–Crippen LogP) is 2.43. The fraction of sp³-hybridized carbons (Fsp3) is 0.273. The number of aromatic nitrogens is 1. The second-order valence-corrected chi connectivity index (χ2v) is 3.75. The Hall–Kier alpha value is -1.36. The largest absolute Gasteiger partial charge is 0.481 e. The van der Waals surface area contributed by atoms with Crippen LogP contribution in [-0.4, -0.2) is 24.7 Å². The van der Waals surface area contributed by atoms with Gasteiger partial charge in [0.1, 0.15) is 0 Å². The van der Waals surface area contributed by atoms with E-state index in [0.29, 0.717) is 18.1 Å². The zero-order valence-electron chi connectivity index (χ0n) is 9.07. The van der Waals surface area contributed by atoms with E-state index in [1.165, 1.54) is 13.2 Å². The highest BCUT2D eigenvalue weighted by Crippen LogP contribution is 2.20. The Morgan fingerprint density at radius 2 is 2.38 bits per heavy atom. The minimum absolute atomic E-state index is 0.358. The number of esters is 1. The molecule has 0 bridgehead atoms. The molecule has 0 N–H and O–H groups in total. The first kappa shape index (κ1) is 12.7. The molecule has 0 saturated carbocycles. The number of hydrogen-bond acceptors (Lipinski definition) is 4. The van der Waals surface area contributed by atoms with E-state index in [0.717, 1.165) is 4.47 Å². The number of carbonyl (C=O) groups is 1. The molecule has 16 heavy (non-hydrogen) atoms. The first-order valence-electron chi connectivity index (χ1n) is 4.71. The normalized spacial score (nSPS) is 10.4. The second-order valence-electron chi connectivity index (χ2n) is 2.84. The van der Waals surface area contributed by atoms with Crippen LogP contribution in [0.5, 0.6) is 5.88 Å². The quantitative estimate of drug-likeness (QED) is 0.630. The highest BCUT2D eigenvalue weighted by Gasteiger charge is 2.03. The zero-order valence-corrected chi connectivity index (χ0v) is 10.7. The molecule has 86 valence electrons. The summed E-state index contributed by atoms with van der Waals surface area (Å²) >= 11 is 3.30. The summed E-state index contributed by atoms with van der Waals surface area (Å²) in [6, 6.07) is 1.81. The molecule has 1 aromatic rings. The van der Waals surface area contributed by atoms with Gasteiger partial charge in [-0.3, -0.25) is 0 Å². The van der Waals surface area contributed by atoms with Crippen LogP contribution in [0.15, 0.2) is 22.8 Å². The van der Waals surface area contributed by atoms with Crippen molar-refractivity contribution < 1.29 is 14.3 Å². The van der Waals surface area contributed by atoms with Crippen LogP contribution in [0.1, 0.15) is 12.5 Å². The minimum atomic E-state index is -0.385. The monoisotopic (exact) mass is 285 g/mol. The van der Waals surface area contributed by atoms with Crippen LogP contribution < -0.4 is 4.74 Å². The van der Waals surface area contributed by atoms with E-state index in [-0.39, 0.29) is 5.97 Å². The third kappa shape index (κ3) is 3.66. The fourth-order valence-corrected chi connectivity index (χ4v) is 1.43. The molecule has 4 nitrogen and oxygen atoms in total. The number of halogens is 1. The number of pyridine rings is 1. The molecule has 5 heteroatoms. The smallest absolute Gasteiger partial charge is 0.330 e. The molecule has 0 spiro atoms. The summed E-state index contributed by atoms with van der Waals surface area (Å²) in [5, 5.41) is 0. The summed E-state index contributed by atoms with van der Waals surface area (Å²) in [6.07, 6.45) is 4.57. The number of nitrogens with zero attached hydrogens (tertiary/aromatic N) is 1. The summed E-state index contributed by atoms with van der Waals surface area (Å²) in [4.78, 5) is 15.2. The Labute approximate surface area is 102 Å². The third-order valence-corrected chi connectivity index (χ3v) is 2.16. The van der Waals surface area contributed by atoms with Gasteiger partial charge in [0.2, 0.25) is 5.88 Å². The summed E-state index contributed by atoms with van der Waals surface area (Å²) in [7, 11) is 1.53. The van der Waals surface area contributed by atoms with Gasteiger partial charge in [0.25, 0.3) is 0 Å². The first-order valence-corrected chi connectivity index (χ1v) is 5.51. The van der Waals surface area contributed by atoms with Crippen molar-refractivity contribution in [3.63, 3.8) is 0 Å². The first-order chi connectivity index (χ1) is 7.67. The molecule has 0 aromatic carbocycles. The number of ether oxygens (including phenoxy) is 2. The molecule has 0 radical (unpaired) electrons. The van der Waals surface area contributed by atoms with Gasteiger partial charge in [0, 0.05) is 22.3 Å². The number of hydrogen-bond donors (Lipinski definition) is 0. The zero-order chi connectivity index (χ0) is 12.0. The molecule has 1 rings (SSSR count). The van der Waals surface area contributed by atoms with Crippen molar-refractivity contribution in [3.05, 3.63) is 28.4 Å². The number of carbonyl (C=O) groups excluding carboxylic acids is 1. The number of methoxy groups -OCH3 is 1. The van der Waals surface area contributed by atoms with Gasteiger partial charge in [-0.15, -0.1) is 0 Å². The van der Waals surface area contributed by atoms with Gasteiger partial charge in [0.05, 0.1) is 13.7 Å². The maximum atomic E-state index is 11.1. The standard InChI is InChI=1S/C11H12BrNO3/c1-3-16-10(14)5-4-8-6-9(12)7-13-11(8)15-2/h4-7H,3H2,1-2H3. The maximum absolute atomic E-state index is 11.1. The van der Waals surface area contributed by atoms with Crippen LogP contribution in [0.25, 0.3) is 6.08 Å². The molecule has 0 amide bonds. The van der Waals surface area contributed by atoms with Crippen molar-refractivity contribution in [2.24, 2.45) is 0 Å². The predicted molar refractivity (Wildman–Crippen MR) is 64.2 cm³/mol. The summed E-state index contributed by atoms with van der Waals surface area (Å²) in [6.45, 7) is 2.12. The average molecular weight is 286 g/mol. The molecular formula is C11H12BrNO3. The molecule has 0 unspecified atom stereocenters. The molecule has 0 aliphatic heterocycles. The minimum Gasteiger partial charge on any atom is -0.481 e. The molecule has 1 aromatic heterocycles. The molecule has 1 heterocycles. The van der Waals surface area contributed by atoms with E-state index in [4.69, 9.17) is 9.47 Å². The average Bonchev–Trinajstić information content (AvgIpc) is 2.27. The van der Waals surface area contributed by atoms with E-state index in [1.807, 2.05) is 6.07 Å². The van der Waals surface area contributed by atoms with Gasteiger partial charge in [-0.2, -0.15) is 0 Å². The molecule has 0 aliphatic carbocycles. The highest BCUT2D eigenvalue weighted by molar-refractivity contribution is 9.10. The van der Waals surface area contributed by atoms with Crippen LogP contribution in [0.4, 0.5) is 0 Å². The van der Waals surface area contributed by atoms with Crippen LogP contribution in [-0.2, 0) is 9.53 Å². The Morgan fingerprint density at radius 3 is 3.00 bits per heavy atom. The fourth-order valence-electron chi connectivity index (χ4n) is 1.08. The Bertz CT molecular complexity index is 404. The van der Waals surface area contributed by atoms with Crippen molar-refractivity contribution in [2.45, 2.75) is 6.92 Å². The molecule has 0 aliphatic rings. The molecule has 0 saturated heterocycles. The summed E-state index contributed by atoms with van der Waals surface area (Å²) in [5.74, 6) is 0.0771. The lowest BCUT2D eigenvalue weighted by Gasteiger charge is -2.03. The van der Waals surface area contributed by atoms with Crippen LogP contribution in [0, 0.1) is 0 Å². The van der Waals surface area contributed by atoms with Crippen LogP contribution >= 0.6 is 15.9 Å². The van der Waals surface area contributed by atoms with Gasteiger partial charge >= 0.3 is 5.97 Å². The van der Waals surface area contributed by atoms with E-state index >= 15 is 0 Å². The molecular weight excluding hydrogens is 274 g/mol. The van der Waals surface area contributed by atoms with Crippen molar-refractivity contribution in [3.8, 4) is 5.88 Å². The second kappa shape index (κ2) is 6.27. The Morgan fingerprint density at radius 1 is 1.62 bits per heavy atom. The lowest BCUT2D eigenvalue weighted by molar-refractivity contribution is -0.137. The van der Waals surface area contributed by atoms with Crippen molar-refractivity contribution >= 4 is 28.0 Å². The molecule has 0 atom stereocenters. The van der Waals surface area contributed by atoms with Gasteiger partial charge in [-0.1, -0.05) is 0 Å². The topological polar surface area (TPSA) is 48.4 Å². The Balaban J connectivity index is 2.86. The van der Waals surface area contributed by atoms with Crippen LogP contribution in [0.3, 0.4) is 0 Å². The van der Waals surface area contributed by atoms with Crippen molar-refractivity contribution in [2.75, 3.05) is 13.7 Å². The van der Waals surface area contributed by atoms with E-state index in [9.17, 15) is 4.79 Å². The molecule has 0 fully saturated rings. The summed E-state index contributed by atoms with van der Waals surface area (Å²) in [5.41, 5.74) is 0.713. The lowest BCUT2D eigenvalue weighted by atomic mass is 10.2. The van der Waals surface area contributed by atoms with E-state index in [1.54, 1.807) is 19.2 Å². The third-order valence-electron chi connectivity index (χ3n) is 1.72. The van der Waals surface area contributed by atoms with Crippen molar-refractivity contribution in [1.29, 1.82) is 0 Å². The Kier molecular flexibility index (Phi) is 4.98. The lowest BCUT2D eigenvalue weighted by Crippen LogP contribution is -1.99. The SMILES string of the molecule is CCOC(=O)C=Cc1cc(Br)cnc1OC. The maximum Gasteiger partial charge on any atom is 0.330 e. The van der Waals surface area contributed by atoms with Gasteiger partial charge < -0.3 is 9.47 Å². The van der Waals surface area contributed by atoms with Crippen molar-refractivity contribution in [1.82, 2.24) is 4.98 Å². The number of rotatable bonds is 4. The van der Waals surface area contributed by atoms with Crippen LogP contribution in [0.2, 0.25) is 0 Å². The van der Waals surface area contributed by atoms with E-state index < -0.39 is 0 Å². The van der Waals surface area contributed by atoms with E-state index in [2.05, 4.69) is 20.9 Å². The van der Waals surface area contributed by atoms with Gasteiger partial charge in [0.15, 0.2) is 0 Å². The summed E-state index contributed by atoms with van der Waals surface area (Å²) < 4.78 is 10.6. The highest BCUT2D eigenvalue weighted by atomic mass is 79.9. The van der Waals surface area contributed by atoms with Gasteiger partial charge in [-0.05, 0) is 35.0 Å².